The number of esters is 2. The molecule has 11 nitrogen and oxygen atoms in total. The first kappa shape index (κ1) is 26.1. The second-order valence-electron chi connectivity index (χ2n) is 6.27. The summed E-state index contributed by atoms with van der Waals surface area (Å²) in [7, 11) is 0. The van der Waals surface area contributed by atoms with Gasteiger partial charge in [-0.05, 0) is 12.8 Å². The second kappa shape index (κ2) is 14.1. The van der Waals surface area contributed by atoms with E-state index < -0.39 is 48.3 Å². The minimum atomic E-state index is -2.74. The molecule has 0 aromatic rings. The lowest BCUT2D eigenvalue weighted by atomic mass is 9.96. The average molecular weight is 418 g/mol. The van der Waals surface area contributed by atoms with E-state index in [2.05, 4.69) is 0 Å². The van der Waals surface area contributed by atoms with E-state index in [1.807, 2.05) is 0 Å². The summed E-state index contributed by atoms with van der Waals surface area (Å²) in [4.78, 5) is 52.6. The maximum absolute atomic E-state index is 11.1. The van der Waals surface area contributed by atoms with Gasteiger partial charge in [-0.25, -0.2) is 14.4 Å². The Morgan fingerprint density at radius 1 is 0.759 bits per heavy atom. The number of carboxylic acids is 3. The molecule has 1 rings (SSSR count). The van der Waals surface area contributed by atoms with Gasteiger partial charge >= 0.3 is 29.8 Å². The predicted molar refractivity (Wildman–Crippen MR) is 95.9 cm³/mol. The molecule has 0 aliphatic carbocycles. The molecule has 164 valence electrons. The van der Waals surface area contributed by atoms with Gasteiger partial charge in [0, 0.05) is 12.2 Å². The predicted octanol–water partition coefficient (Wildman–Crippen LogP) is 0.735. The van der Waals surface area contributed by atoms with E-state index in [9.17, 15) is 24.0 Å². The molecule has 0 amide bonds. The summed E-state index contributed by atoms with van der Waals surface area (Å²) in [6.45, 7) is 0.858. The van der Waals surface area contributed by atoms with Crippen molar-refractivity contribution in [3.63, 3.8) is 0 Å². The molecular weight excluding hydrogens is 392 g/mol. The summed E-state index contributed by atoms with van der Waals surface area (Å²) in [6.07, 6.45) is 6.18. The Hall–Kier alpha value is -2.95. The SMILES string of the molecule is O=C(O)CC(O)(CC(=O)O)C(=O)O.O=C1C=CC(=O)OCCCCCCCCO1. The molecule has 0 radical (unpaired) electrons. The molecule has 4 N–H and O–H groups in total. The highest BCUT2D eigenvalue weighted by atomic mass is 16.5. The van der Waals surface area contributed by atoms with Crippen molar-refractivity contribution in [3.05, 3.63) is 12.2 Å². The summed E-state index contributed by atoms with van der Waals surface area (Å²) in [5, 5.41) is 33.8. The summed E-state index contributed by atoms with van der Waals surface area (Å²) in [5.74, 6) is -5.97. The zero-order valence-corrected chi connectivity index (χ0v) is 15.9. The quantitative estimate of drug-likeness (QED) is 0.461. The number of hydrogen-bond donors (Lipinski definition) is 4. The van der Waals surface area contributed by atoms with Crippen molar-refractivity contribution in [2.45, 2.75) is 57.0 Å². The van der Waals surface area contributed by atoms with Crippen molar-refractivity contribution in [2.24, 2.45) is 0 Å². The first-order valence-electron chi connectivity index (χ1n) is 8.98. The second-order valence-corrected chi connectivity index (χ2v) is 6.27. The molecular formula is C18H26O11. The maximum atomic E-state index is 11.1. The third kappa shape index (κ3) is 13.8. The van der Waals surface area contributed by atoms with Crippen molar-refractivity contribution in [3.8, 4) is 0 Å². The lowest BCUT2D eigenvalue weighted by molar-refractivity contribution is -0.170. The van der Waals surface area contributed by atoms with Crippen molar-refractivity contribution in [1.29, 1.82) is 0 Å². The largest absolute Gasteiger partial charge is 0.481 e. The highest BCUT2D eigenvalue weighted by Gasteiger charge is 2.40. The number of aliphatic hydroxyl groups is 1. The highest BCUT2D eigenvalue weighted by molar-refractivity contribution is 5.91. The van der Waals surface area contributed by atoms with Gasteiger partial charge in [0.25, 0.3) is 0 Å². The van der Waals surface area contributed by atoms with Crippen LogP contribution in [0.3, 0.4) is 0 Å². The molecule has 0 bridgehead atoms. The van der Waals surface area contributed by atoms with Crippen LogP contribution < -0.4 is 0 Å². The average Bonchev–Trinajstić information content (AvgIpc) is 2.60. The Balaban J connectivity index is 0.000000555. The van der Waals surface area contributed by atoms with Crippen LogP contribution in [0, 0.1) is 0 Å². The Morgan fingerprint density at radius 2 is 1.10 bits per heavy atom. The van der Waals surface area contributed by atoms with Crippen molar-refractivity contribution in [2.75, 3.05) is 13.2 Å². The molecule has 0 atom stereocenters. The zero-order valence-electron chi connectivity index (χ0n) is 15.9. The Morgan fingerprint density at radius 3 is 1.41 bits per heavy atom. The van der Waals surface area contributed by atoms with Gasteiger partial charge in [0.1, 0.15) is 0 Å². The van der Waals surface area contributed by atoms with E-state index in [1.54, 1.807) is 0 Å². The van der Waals surface area contributed by atoms with E-state index in [0.29, 0.717) is 13.2 Å². The van der Waals surface area contributed by atoms with E-state index in [4.69, 9.17) is 29.9 Å². The van der Waals surface area contributed by atoms with Gasteiger partial charge in [-0.1, -0.05) is 25.7 Å². The minimum Gasteiger partial charge on any atom is -0.481 e. The number of ether oxygens (including phenoxy) is 2. The summed E-state index contributed by atoms with van der Waals surface area (Å²) < 4.78 is 9.80. The molecule has 0 aromatic heterocycles. The van der Waals surface area contributed by atoms with Gasteiger partial charge in [-0.15, -0.1) is 0 Å². The van der Waals surface area contributed by atoms with Gasteiger partial charge in [-0.2, -0.15) is 0 Å². The van der Waals surface area contributed by atoms with E-state index >= 15 is 0 Å². The van der Waals surface area contributed by atoms with Crippen LogP contribution in [0.15, 0.2) is 12.2 Å². The molecule has 0 fully saturated rings. The fourth-order valence-corrected chi connectivity index (χ4v) is 2.20. The summed E-state index contributed by atoms with van der Waals surface area (Å²) in [6, 6.07) is 0. The van der Waals surface area contributed by atoms with E-state index in [-0.39, 0.29) is 0 Å². The van der Waals surface area contributed by atoms with Crippen molar-refractivity contribution in [1.82, 2.24) is 0 Å². The van der Waals surface area contributed by atoms with Crippen LogP contribution in [0.2, 0.25) is 0 Å². The molecule has 0 unspecified atom stereocenters. The summed E-state index contributed by atoms with van der Waals surface area (Å²) >= 11 is 0. The Labute approximate surface area is 166 Å². The molecule has 1 aliphatic rings. The highest BCUT2D eigenvalue weighted by Crippen LogP contribution is 2.15. The van der Waals surface area contributed by atoms with E-state index in [0.717, 1.165) is 50.7 Å². The summed E-state index contributed by atoms with van der Waals surface area (Å²) in [5.41, 5.74) is -2.74. The maximum Gasteiger partial charge on any atom is 0.336 e. The number of rotatable bonds is 5. The smallest absolute Gasteiger partial charge is 0.336 e. The zero-order chi connectivity index (χ0) is 22.3. The van der Waals surface area contributed by atoms with Crippen LogP contribution in [0.1, 0.15) is 51.4 Å². The van der Waals surface area contributed by atoms with Crippen LogP contribution in [0.25, 0.3) is 0 Å². The monoisotopic (exact) mass is 418 g/mol. The Bertz CT molecular complexity index is 567. The van der Waals surface area contributed by atoms with Crippen LogP contribution >= 0.6 is 0 Å². The van der Waals surface area contributed by atoms with Gasteiger partial charge in [0.05, 0.1) is 26.1 Å². The van der Waals surface area contributed by atoms with Gasteiger partial charge < -0.3 is 29.9 Å². The molecule has 0 aromatic carbocycles. The molecule has 0 saturated heterocycles. The van der Waals surface area contributed by atoms with Crippen molar-refractivity contribution >= 4 is 29.8 Å². The number of aliphatic carboxylic acids is 3. The minimum absolute atomic E-state index is 0.429. The molecule has 11 heteroatoms. The van der Waals surface area contributed by atoms with E-state index in [1.165, 1.54) is 0 Å². The fourth-order valence-electron chi connectivity index (χ4n) is 2.20. The standard InChI is InChI=1S/C12H18O4.C6H8O7/c13-11-7-8-12(14)16-10-6-4-2-1-3-5-9-15-11;7-3(8)1-6(13,5(11)12)2-4(9)10/h7-8H,1-6,9-10H2;13H,1-2H2,(H,7,8)(H,9,10)(H,11,12). The topological polar surface area (TPSA) is 185 Å². The third-order valence-electron chi connectivity index (χ3n) is 3.67. The number of hydrogen-bond acceptors (Lipinski definition) is 8. The van der Waals surface area contributed by atoms with Crippen LogP contribution in [-0.2, 0) is 33.4 Å². The van der Waals surface area contributed by atoms with Gasteiger partial charge in [0.15, 0.2) is 5.60 Å². The number of carboxylic acid groups (broad SMARTS) is 3. The Kier molecular flexibility index (Phi) is 12.7. The van der Waals surface area contributed by atoms with Crippen LogP contribution in [0.5, 0.6) is 0 Å². The molecule has 0 spiro atoms. The molecule has 1 heterocycles. The van der Waals surface area contributed by atoms with Gasteiger partial charge in [0.2, 0.25) is 0 Å². The fraction of sp³-hybridized carbons (Fsp3) is 0.611. The van der Waals surface area contributed by atoms with Crippen molar-refractivity contribution < 1.29 is 53.9 Å². The van der Waals surface area contributed by atoms with Gasteiger partial charge in [-0.3, -0.25) is 9.59 Å². The third-order valence-corrected chi connectivity index (χ3v) is 3.67. The molecule has 0 saturated carbocycles. The number of cyclic esters (lactones) is 2. The van der Waals surface area contributed by atoms with Crippen LogP contribution in [-0.4, -0.2) is 69.1 Å². The molecule has 1 aliphatic heterocycles. The lowest BCUT2D eigenvalue weighted by Gasteiger charge is -2.18. The first-order chi connectivity index (χ1) is 13.6. The number of carbonyl (C=O) groups excluding carboxylic acids is 2. The van der Waals surface area contributed by atoms with Crippen LogP contribution in [0.4, 0.5) is 0 Å². The molecule has 29 heavy (non-hydrogen) atoms. The normalized spacial score (nSPS) is 16.3. The first-order valence-corrected chi connectivity index (χ1v) is 8.98. The lowest BCUT2D eigenvalue weighted by Crippen LogP contribution is -2.42. The number of carbonyl (C=O) groups is 5.